The summed E-state index contributed by atoms with van der Waals surface area (Å²) in [6, 6.07) is 0. The lowest BCUT2D eigenvalue weighted by Crippen LogP contribution is -2.33. The number of hydrogen-bond acceptors (Lipinski definition) is 4. The minimum absolute atomic E-state index is 0.122. The minimum Gasteiger partial charge on any atom is -0.396 e. The van der Waals surface area contributed by atoms with Gasteiger partial charge in [0.1, 0.15) is 0 Å². The van der Waals surface area contributed by atoms with Crippen molar-refractivity contribution in [3.8, 4) is 0 Å². The average molecular weight is 247 g/mol. The van der Waals surface area contributed by atoms with E-state index in [0.717, 1.165) is 26.1 Å². The molecule has 4 nitrogen and oxygen atoms in total. The number of aliphatic hydroxyl groups is 1. The number of aliphatic hydroxyl groups excluding tert-OH is 1. The highest BCUT2D eigenvalue weighted by atomic mass is 32.2. The van der Waals surface area contributed by atoms with Crippen LogP contribution < -0.4 is 0 Å². The van der Waals surface area contributed by atoms with E-state index in [1.54, 1.807) is 0 Å². The fourth-order valence-electron chi connectivity index (χ4n) is 2.85. The van der Waals surface area contributed by atoms with Gasteiger partial charge in [0, 0.05) is 13.2 Å². The highest BCUT2D eigenvalue weighted by Crippen LogP contribution is 2.27. The summed E-state index contributed by atoms with van der Waals surface area (Å²) in [6.07, 6.45) is 3.21. The standard InChI is InChI=1S/C11H21NO3S/c13-8-11(7-12-4-1-2-5-12)10-3-6-16(14,15)9-10/h10-11,13H,1-9H2. The molecule has 0 radical (unpaired) electrons. The Balaban J connectivity index is 1.89. The van der Waals surface area contributed by atoms with Gasteiger partial charge in [-0.2, -0.15) is 0 Å². The first-order valence-corrected chi connectivity index (χ1v) is 7.96. The third-order valence-electron chi connectivity index (χ3n) is 3.86. The van der Waals surface area contributed by atoms with Crippen LogP contribution in [0.25, 0.3) is 0 Å². The van der Waals surface area contributed by atoms with Gasteiger partial charge in [-0.15, -0.1) is 0 Å². The fraction of sp³-hybridized carbons (Fsp3) is 1.00. The highest BCUT2D eigenvalue weighted by Gasteiger charge is 2.34. The van der Waals surface area contributed by atoms with Crippen molar-refractivity contribution < 1.29 is 13.5 Å². The normalized spacial score (nSPS) is 31.9. The number of nitrogens with zero attached hydrogens (tertiary/aromatic N) is 1. The molecule has 0 saturated carbocycles. The molecule has 2 aliphatic rings. The van der Waals surface area contributed by atoms with Gasteiger partial charge in [0.05, 0.1) is 11.5 Å². The van der Waals surface area contributed by atoms with E-state index in [-0.39, 0.29) is 24.2 Å². The average Bonchev–Trinajstić information content (AvgIpc) is 2.83. The second-order valence-corrected chi connectivity index (χ2v) is 7.34. The smallest absolute Gasteiger partial charge is 0.150 e. The summed E-state index contributed by atoms with van der Waals surface area (Å²) in [6.45, 7) is 3.21. The Bertz CT molecular complexity index is 322. The van der Waals surface area contributed by atoms with E-state index in [1.807, 2.05) is 0 Å². The van der Waals surface area contributed by atoms with Crippen molar-refractivity contribution in [2.45, 2.75) is 19.3 Å². The maximum absolute atomic E-state index is 11.4. The van der Waals surface area contributed by atoms with Crippen LogP contribution in [0.4, 0.5) is 0 Å². The van der Waals surface area contributed by atoms with Crippen LogP contribution >= 0.6 is 0 Å². The summed E-state index contributed by atoms with van der Waals surface area (Å²) in [4.78, 5) is 2.35. The van der Waals surface area contributed by atoms with Gasteiger partial charge in [0.2, 0.25) is 0 Å². The van der Waals surface area contributed by atoms with E-state index in [9.17, 15) is 13.5 Å². The van der Waals surface area contributed by atoms with Gasteiger partial charge in [-0.25, -0.2) is 8.42 Å². The zero-order valence-corrected chi connectivity index (χ0v) is 10.5. The highest BCUT2D eigenvalue weighted by molar-refractivity contribution is 7.91. The molecule has 0 bridgehead atoms. The monoisotopic (exact) mass is 247 g/mol. The van der Waals surface area contributed by atoms with Gasteiger partial charge in [0.15, 0.2) is 9.84 Å². The lowest BCUT2D eigenvalue weighted by Gasteiger charge is -2.25. The third kappa shape index (κ3) is 2.96. The van der Waals surface area contributed by atoms with E-state index in [0.29, 0.717) is 5.75 Å². The molecule has 0 spiro atoms. The van der Waals surface area contributed by atoms with Crippen LogP contribution in [0.2, 0.25) is 0 Å². The maximum atomic E-state index is 11.4. The molecule has 16 heavy (non-hydrogen) atoms. The topological polar surface area (TPSA) is 57.6 Å². The van der Waals surface area contributed by atoms with Crippen molar-refractivity contribution in [1.82, 2.24) is 4.90 Å². The predicted octanol–water partition coefficient (Wildman–Crippen LogP) is 0.125. The molecule has 0 aromatic carbocycles. The molecule has 2 saturated heterocycles. The largest absolute Gasteiger partial charge is 0.396 e. The van der Waals surface area contributed by atoms with Gasteiger partial charge < -0.3 is 10.0 Å². The Morgan fingerprint density at radius 2 is 2.00 bits per heavy atom. The molecule has 0 aliphatic carbocycles. The second-order valence-electron chi connectivity index (χ2n) is 5.11. The van der Waals surface area contributed by atoms with Crippen LogP contribution in [0.1, 0.15) is 19.3 Å². The van der Waals surface area contributed by atoms with Crippen molar-refractivity contribution in [2.75, 3.05) is 37.7 Å². The molecule has 2 rings (SSSR count). The molecule has 2 atom stereocenters. The SMILES string of the molecule is O=S1(=O)CCC(C(CO)CN2CCCC2)C1. The summed E-state index contributed by atoms with van der Waals surface area (Å²) in [7, 11) is -2.81. The van der Waals surface area contributed by atoms with Crippen LogP contribution in [-0.2, 0) is 9.84 Å². The summed E-state index contributed by atoms with van der Waals surface area (Å²) in [5, 5.41) is 9.40. The number of likely N-dealkylation sites (tertiary alicyclic amines) is 1. The van der Waals surface area contributed by atoms with Crippen molar-refractivity contribution >= 4 is 9.84 Å². The van der Waals surface area contributed by atoms with E-state index < -0.39 is 9.84 Å². The molecule has 2 heterocycles. The molecule has 2 unspecified atom stereocenters. The molecule has 94 valence electrons. The Morgan fingerprint density at radius 3 is 2.50 bits per heavy atom. The van der Waals surface area contributed by atoms with E-state index >= 15 is 0 Å². The first-order chi connectivity index (χ1) is 7.61. The zero-order valence-electron chi connectivity index (χ0n) is 9.64. The van der Waals surface area contributed by atoms with Crippen LogP contribution in [-0.4, -0.2) is 56.2 Å². The third-order valence-corrected chi connectivity index (χ3v) is 5.65. The maximum Gasteiger partial charge on any atom is 0.150 e. The van der Waals surface area contributed by atoms with Crippen molar-refractivity contribution in [2.24, 2.45) is 11.8 Å². The molecule has 2 aliphatic heterocycles. The summed E-state index contributed by atoms with van der Waals surface area (Å²) >= 11 is 0. The van der Waals surface area contributed by atoms with Crippen LogP contribution in [0.5, 0.6) is 0 Å². The van der Waals surface area contributed by atoms with Gasteiger partial charge in [-0.3, -0.25) is 0 Å². The minimum atomic E-state index is -2.81. The summed E-state index contributed by atoms with van der Waals surface area (Å²) in [5.74, 6) is 0.922. The summed E-state index contributed by atoms with van der Waals surface area (Å²) in [5.41, 5.74) is 0. The first-order valence-electron chi connectivity index (χ1n) is 6.14. The van der Waals surface area contributed by atoms with Gasteiger partial charge >= 0.3 is 0 Å². The quantitative estimate of drug-likeness (QED) is 0.767. The van der Waals surface area contributed by atoms with Gasteiger partial charge in [0.25, 0.3) is 0 Å². The Labute approximate surface area is 97.6 Å². The van der Waals surface area contributed by atoms with Crippen LogP contribution in [0.3, 0.4) is 0 Å². The second kappa shape index (κ2) is 5.02. The Kier molecular flexibility index (Phi) is 3.87. The first kappa shape index (κ1) is 12.3. The number of hydrogen-bond donors (Lipinski definition) is 1. The van der Waals surface area contributed by atoms with E-state index in [1.165, 1.54) is 12.8 Å². The number of sulfone groups is 1. The lowest BCUT2D eigenvalue weighted by molar-refractivity contribution is 0.141. The molecular weight excluding hydrogens is 226 g/mol. The van der Waals surface area contributed by atoms with Gasteiger partial charge in [-0.1, -0.05) is 0 Å². The molecule has 5 heteroatoms. The molecule has 0 aromatic heterocycles. The zero-order chi connectivity index (χ0) is 11.6. The van der Waals surface area contributed by atoms with Crippen LogP contribution in [0, 0.1) is 11.8 Å². The molecule has 0 amide bonds. The number of rotatable bonds is 4. The van der Waals surface area contributed by atoms with Crippen molar-refractivity contribution in [3.05, 3.63) is 0 Å². The molecule has 0 aromatic rings. The fourth-order valence-corrected chi connectivity index (χ4v) is 4.77. The Morgan fingerprint density at radius 1 is 1.31 bits per heavy atom. The van der Waals surface area contributed by atoms with E-state index in [4.69, 9.17) is 0 Å². The predicted molar refractivity (Wildman–Crippen MR) is 63.0 cm³/mol. The van der Waals surface area contributed by atoms with Crippen molar-refractivity contribution in [3.63, 3.8) is 0 Å². The Hall–Kier alpha value is -0.130. The lowest BCUT2D eigenvalue weighted by atomic mass is 9.92. The molecule has 2 fully saturated rings. The molecular formula is C11H21NO3S. The van der Waals surface area contributed by atoms with Crippen LogP contribution in [0.15, 0.2) is 0 Å². The van der Waals surface area contributed by atoms with Gasteiger partial charge in [-0.05, 0) is 44.2 Å². The van der Waals surface area contributed by atoms with Crippen molar-refractivity contribution in [1.29, 1.82) is 0 Å². The molecule has 1 N–H and O–H groups in total. The summed E-state index contributed by atoms with van der Waals surface area (Å²) < 4.78 is 22.8. The van der Waals surface area contributed by atoms with E-state index in [2.05, 4.69) is 4.90 Å².